The number of carbonyl (C=O) groups excluding carboxylic acids is 1. The highest BCUT2D eigenvalue weighted by Gasteiger charge is 2.38. The Morgan fingerprint density at radius 2 is 1.90 bits per heavy atom. The summed E-state index contributed by atoms with van der Waals surface area (Å²) in [7, 11) is 2.07. The molecule has 0 aromatic carbocycles. The summed E-state index contributed by atoms with van der Waals surface area (Å²) in [4.78, 5) is 14.0. The quantitative estimate of drug-likeness (QED) is 0.793. The summed E-state index contributed by atoms with van der Waals surface area (Å²) in [5.74, 6) is -0.133. The minimum atomic E-state index is -0.669. The molecule has 124 valence electrons. The fraction of sp³-hybridized carbons (Fsp3) is 0.941. The smallest absolute Gasteiger partial charge is 0.308 e. The molecule has 0 radical (unpaired) electrons. The highest BCUT2D eigenvalue weighted by atomic mass is 16.5. The van der Waals surface area contributed by atoms with Crippen molar-refractivity contribution in [2.24, 2.45) is 11.3 Å². The van der Waals surface area contributed by atoms with Gasteiger partial charge in [0.25, 0.3) is 0 Å². The van der Waals surface area contributed by atoms with Crippen molar-refractivity contribution in [1.82, 2.24) is 4.90 Å². The molecule has 0 aromatic rings. The molecule has 0 saturated heterocycles. The van der Waals surface area contributed by atoms with Gasteiger partial charge in [0.2, 0.25) is 0 Å². The summed E-state index contributed by atoms with van der Waals surface area (Å²) in [6.07, 6.45) is 2.81. The Kier molecular flexibility index (Phi) is 6.23. The normalized spacial score (nSPS) is 28.5. The van der Waals surface area contributed by atoms with Gasteiger partial charge in [-0.1, -0.05) is 20.8 Å². The maximum Gasteiger partial charge on any atom is 0.308 e. The van der Waals surface area contributed by atoms with Crippen LogP contribution in [-0.2, 0) is 9.53 Å². The molecule has 0 bridgehead atoms. The average molecular weight is 299 g/mol. The van der Waals surface area contributed by atoms with E-state index in [4.69, 9.17) is 4.74 Å². The van der Waals surface area contributed by atoms with Crippen LogP contribution in [0.3, 0.4) is 0 Å². The molecule has 0 aliphatic heterocycles. The van der Waals surface area contributed by atoms with E-state index < -0.39 is 5.60 Å². The third-order valence-corrected chi connectivity index (χ3v) is 4.99. The van der Waals surface area contributed by atoms with Gasteiger partial charge in [-0.25, -0.2) is 0 Å². The number of aliphatic hydroxyl groups is 1. The Labute approximate surface area is 129 Å². The van der Waals surface area contributed by atoms with Crippen LogP contribution < -0.4 is 0 Å². The van der Waals surface area contributed by atoms with Gasteiger partial charge < -0.3 is 14.7 Å². The summed E-state index contributed by atoms with van der Waals surface area (Å²) >= 11 is 0. The van der Waals surface area contributed by atoms with Gasteiger partial charge in [0.1, 0.15) is 0 Å². The molecular weight excluding hydrogens is 266 g/mol. The van der Waals surface area contributed by atoms with E-state index in [9.17, 15) is 9.90 Å². The Balaban J connectivity index is 2.52. The zero-order valence-corrected chi connectivity index (χ0v) is 14.6. The molecule has 1 aliphatic rings. The molecule has 0 amide bonds. The topological polar surface area (TPSA) is 49.8 Å². The SMILES string of the molecule is CCOC(=O)C1CCC(O)(CN(C)C(C)C(C)(C)C)CC1. The van der Waals surface area contributed by atoms with Crippen LogP contribution in [0.25, 0.3) is 0 Å². The second kappa shape index (κ2) is 7.10. The minimum absolute atomic E-state index is 0.0319. The summed E-state index contributed by atoms with van der Waals surface area (Å²) < 4.78 is 5.08. The zero-order valence-electron chi connectivity index (χ0n) is 14.6. The van der Waals surface area contributed by atoms with E-state index in [0.717, 1.165) is 12.8 Å². The Hall–Kier alpha value is -0.610. The molecule has 1 atom stereocenters. The molecular formula is C17H33NO3. The lowest BCUT2D eigenvalue weighted by atomic mass is 9.78. The van der Waals surface area contributed by atoms with Crippen molar-refractivity contribution in [2.45, 2.75) is 71.9 Å². The van der Waals surface area contributed by atoms with Crippen molar-refractivity contribution in [3.8, 4) is 0 Å². The van der Waals surface area contributed by atoms with Crippen LogP contribution in [0.5, 0.6) is 0 Å². The molecule has 1 N–H and O–H groups in total. The Morgan fingerprint density at radius 3 is 2.33 bits per heavy atom. The molecule has 1 fully saturated rings. The molecule has 4 nitrogen and oxygen atoms in total. The molecule has 1 unspecified atom stereocenters. The third kappa shape index (κ3) is 5.26. The lowest BCUT2D eigenvalue weighted by Crippen LogP contribution is -2.50. The van der Waals surface area contributed by atoms with E-state index in [1.54, 1.807) is 0 Å². The number of esters is 1. The van der Waals surface area contributed by atoms with Crippen LogP contribution in [0.1, 0.15) is 60.3 Å². The van der Waals surface area contributed by atoms with Crippen LogP contribution in [0, 0.1) is 11.3 Å². The van der Waals surface area contributed by atoms with Crippen molar-refractivity contribution < 1.29 is 14.6 Å². The summed E-state index contributed by atoms with van der Waals surface area (Å²) in [6, 6.07) is 0.393. The predicted octanol–water partition coefficient (Wildman–Crippen LogP) is 2.84. The summed E-state index contributed by atoms with van der Waals surface area (Å²) in [5, 5.41) is 10.8. The van der Waals surface area contributed by atoms with Gasteiger partial charge in [-0.15, -0.1) is 0 Å². The number of rotatable bonds is 5. The van der Waals surface area contributed by atoms with E-state index in [1.165, 1.54) is 0 Å². The second-order valence-corrected chi connectivity index (χ2v) is 7.71. The van der Waals surface area contributed by atoms with Crippen molar-refractivity contribution in [3.63, 3.8) is 0 Å². The average Bonchev–Trinajstić information content (AvgIpc) is 2.37. The van der Waals surface area contributed by atoms with Crippen LogP contribution in [0.4, 0.5) is 0 Å². The largest absolute Gasteiger partial charge is 0.466 e. The van der Waals surface area contributed by atoms with Gasteiger partial charge in [0, 0.05) is 12.6 Å². The van der Waals surface area contributed by atoms with E-state index in [0.29, 0.717) is 32.0 Å². The first-order chi connectivity index (χ1) is 9.59. The number of hydrogen-bond donors (Lipinski definition) is 1. The molecule has 0 aromatic heterocycles. The maximum atomic E-state index is 11.8. The molecule has 1 rings (SSSR count). The van der Waals surface area contributed by atoms with Gasteiger partial charge in [0.05, 0.1) is 18.1 Å². The van der Waals surface area contributed by atoms with Crippen molar-refractivity contribution in [1.29, 1.82) is 0 Å². The fourth-order valence-corrected chi connectivity index (χ4v) is 3.07. The number of likely N-dealkylation sites (N-methyl/N-ethyl adjacent to an activating group) is 1. The van der Waals surface area contributed by atoms with Crippen molar-refractivity contribution in [2.75, 3.05) is 20.2 Å². The fourth-order valence-electron chi connectivity index (χ4n) is 3.07. The van der Waals surface area contributed by atoms with Gasteiger partial charge in [-0.2, -0.15) is 0 Å². The van der Waals surface area contributed by atoms with E-state index in [2.05, 4.69) is 39.6 Å². The standard InChI is InChI=1S/C17H33NO3/c1-7-21-15(19)14-8-10-17(20,11-9-14)12-18(6)13(2)16(3,4)5/h13-14,20H,7-12H2,1-6H3. The molecule has 0 heterocycles. The van der Waals surface area contributed by atoms with E-state index in [-0.39, 0.29) is 17.3 Å². The van der Waals surface area contributed by atoms with E-state index in [1.807, 2.05) is 6.92 Å². The van der Waals surface area contributed by atoms with Gasteiger partial charge in [0.15, 0.2) is 0 Å². The van der Waals surface area contributed by atoms with Gasteiger partial charge in [-0.3, -0.25) is 4.79 Å². The minimum Gasteiger partial charge on any atom is -0.466 e. The summed E-state index contributed by atoms with van der Waals surface area (Å²) in [6.45, 7) is 11.8. The van der Waals surface area contributed by atoms with E-state index >= 15 is 0 Å². The number of nitrogens with zero attached hydrogens (tertiary/aromatic N) is 1. The highest BCUT2D eigenvalue weighted by Crippen LogP contribution is 2.34. The molecule has 0 spiro atoms. The van der Waals surface area contributed by atoms with Crippen LogP contribution >= 0.6 is 0 Å². The molecule has 1 saturated carbocycles. The number of hydrogen-bond acceptors (Lipinski definition) is 4. The lowest BCUT2D eigenvalue weighted by molar-refractivity contribution is -0.151. The molecule has 4 heteroatoms. The second-order valence-electron chi connectivity index (χ2n) is 7.71. The van der Waals surface area contributed by atoms with Gasteiger partial charge >= 0.3 is 5.97 Å². The highest BCUT2D eigenvalue weighted by molar-refractivity contribution is 5.72. The van der Waals surface area contributed by atoms with Crippen molar-refractivity contribution >= 4 is 5.97 Å². The zero-order chi connectivity index (χ0) is 16.3. The van der Waals surface area contributed by atoms with Crippen LogP contribution in [0.15, 0.2) is 0 Å². The Bertz CT molecular complexity index is 340. The number of ether oxygens (including phenoxy) is 1. The third-order valence-electron chi connectivity index (χ3n) is 4.99. The first-order valence-electron chi connectivity index (χ1n) is 8.18. The van der Waals surface area contributed by atoms with Crippen molar-refractivity contribution in [3.05, 3.63) is 0 Å². The monoisotopic (exact) mass is 299 g/mol. The van der Waals surface area contributed by atoms with Crippen LogP contribution in [0.2, 0.25) is 0 Å². The lowest BCUT2D eigenvalue weighted by Gasteiger charge is -2.42. The number of carbonyl (C=O) groups is 1. The Morgan fingerprint density at radius 1 is 1.38 bits per heavy atom. The van der Waals surface area contributed by atoms with Gasteiger partial charge in [-0.05, 0) is 52.0 Å². The molecule has 21 heavy (non-hydrogen) atoms. The first kappa shape index (κ1) is 18.4. The maximum absolute atomic E-state index is 11.8. The predicted molar refractivity (Wildman–Crippen MR) is 85.1 cm³/mol. The molecule has 1 aliphatic carbocycles. The van der Waals surface area contributed by atoms with Crippen LogP contribution in [-0.4, -0.2) is 47.8 Å². The first-order valence-corrected chi connectivity index (χ1v) is 8.18. The summed E-state index contributed by atoms with van der Waals surface area (Å²) in [5.41, 5.74) is -0.482.